The molecule has 0 aliphatic carbocycles. The van der Waals surface area contributed by atoms with Crippen molar-refractivity contribution in [3.63, 3.8) is 0 Å². The maximum atomic E-state index is 14.0. The van der Waals surface area contributed by atoms with Gasteiger partial charge in [-0.2, -0.15) is 0 Å². The van der Waals surface area contributed by atoms with E-state index in [0.717, 1.165) is 5.39 Å². The van der Waals surface area contributed by atoms with Crippen molar-refractivity contribution in [2.75, 3.05) is 13.7 Å². The zero-order chi connectivity index (χ0) is 22.1. The first-order chi connectivity index (χ1) is 14.1. The Morgan fingerprint density at radius 1 is 1.33 bits per heavy atom. The summed E-state index contributed by atoms with van der Waals surface area (Å²) in [4.78, 5) is 28.6. The van der Waals surface area contributed by atoms with Gasteiger partial charge in [0.1, 0.15) is 12.4 Å². The van der Waals surface area contributed by atoms with E-state index < -0.39 is 24.0 Å². The zero-order valence-corrected chi connectivity index (χ0v) is 17.9. The number of hydrogen-bond donors (Lipinski definition) is 2. The van der Waals surface area contributed by atoms with E-state index in [-0.39, 0.29) is 18.1 Å². The van der Waals surface area contributed by atoms with Crippen LogP contribution in [-0.4, -0.2) is 48.3 Å². The van der Waals surface area contributed by atoms with Crippen molar-refractivity contribution in [1.82, 2.24) is 15.6 Å². The van der Waals surface area contributed by atoms with Gasteiger partial charge in [-0.25, -0.2) is 9.37 Å². The van der Waals surface area contributed by atoms with Crippen molar-refractivity contribution < 1.29 is 23.5 Å². The average molecular weight is 417 g/mol. The largest absolute Gasteiger partial charge is 0.496 e. The van der Waals surface area contributed by atoms with Crippen LogP contribution < -0.4 is 20.1 Å². The molecular formula is C22H28FN3O4. The van der Waals surface area contributed by atoms with Gasteiger partial charge in [-0.15, -0.1) is 0 Å². The lowest BCUT2D eigenvalue weighted by atomic mass is 9.97. The van der Waals surface area contributed by atoms with Crippen LogP contribution >= 0.6 is 0 Å². The SMILES string of the molecule is CC[C@@H]1[C@H](F)C(=O)N[C@@H]1COc1nccc2cc(C(=O)NC(C)(C)C)c(OC)cc12. The normalized spacial score (nSPS) is 21.4. The highest BCUT2D eigenvalue weighted by Crippen LogP contribution is 2.32. The molecule has 0 radical (unpaired) electrons. The minimum absolute atomic E-state index is 0.103. The molecule has 1 aromatic carbocycles. The Bertz CT molecular complexity index is 957. The number of rotatable bonds is 6. The average Bonchev–Trinajstić information content (AvgIpc) is 2.96. The summed E-state index contributed by atoms with van der Waals surface area (Å²) in [7, 11) is 1.49. The fourth-order valence-corrected chi connectivity index (χ4v) is 3.64. The van der Waals surface area contributed by atoms with E-state index >= 15 is 0 Å². The smallest absolute Gasteiger partial charge is 0.255 e. The van der Waals surface area contributed by atoms with Crippen LogP contribution in [0.4, 0.5) is 4.39 Å². The first kappa shape index (κ1) is 21.8. The van der Waals surface area contributed by atoms with Gasteiger partial charge in [0, 0.05) is 23.0 Å². The second-order valence-corrected chi connectivity index (χ2v) is 8.49. The highest BCUT2D eigenvalue weighted by atomic mass is 19.1. The van der Waals surface area contributed by atoms with Gasteiger partial charge in [0.2, 0.25) is 5.88 Å². The number of nitrogens with one attached hydrogen (secondary N) is 2. The molecule has 1 aliphatic rings. The summed E-state index contributed by atoms with van der Waals surface area (Å²) in [6.45, 7) is 7.66. The van der Waals surface area contributed by atoms with Crippen molar-refractivity contribution in [2.45, 2.75) is 51.9 Å². The van der Waals surface area contributed by atoms with Crippen LogP contribution in [0.5, 0.6) is 11.6 Å². The third kappa shape index (κ3) is 4.47. The summed E-state index contributed by atoms with van der Waals surface area (Å²) in [6.07, 6.45) is 0.586. The van der Waals surface area contributed by atoms with E-state index in [2.05, 4.69) is 15.6 Å². The zero-order valence-electron chi connectivity index (χ0n) is 17.9. The fraction of sp³-hybridized carbons (Fsp3) is 0.500. The number of benzene rings is 1. The molecule has 2 aromatic rings. The summed E-state index contributed by atoms with van der Waals surface area (Å²) in [5, 5.41) is 6.99. The van der Waals surface area contributed by atoms with Gasteiger partial charge in [-0.3, -0.25) is 9.59 Å². The monoisotopic (exact) mass is 417 g/mol. The van der Waals surface area contributed by atoms with Gasteiger partial charge in [0.15, 0.2) is 6.17 Å². The Hall–Kier alpha value is -2.90. The van der Waals surface area contributed by atoms with Crippen LogP contribution in [0.25, 0.3) is 10.8 Å². The van der Waals surface area contributed by atoms with Gasteiger partial charge < -0.3 is 20.1 Å². The molecule has 0 spiro atoms. The number of pyridine rings is 1. The molecule has 162 valence electrons. The number of aromatic nitrogens is 1. The van der Waals surface area contributed by atoms with Crippen LogP contribution in [0.3, 0.4) is 0 Å². The van der Waals surface area contributed by atoms with Crippen molar-refractivity contribution in [1.29, 1.82) is 0 Å². The number of amides is 2. The molecule has 3 rings (SSSR count). The van der Waals surface area contributed by atoms with Crippen LogP contribution in [0.15, 0.2) is 24.4 Å². The van der Waals surface area contributed by atoms with Crippen LogP contribution in [0, 0.1) is 5.92 Å². The third-order valence-corrected chi connectivity index (χ3v) is 5.12. The lowest BCUT2D eigenvalue weighted by molar-refractivity contribution is -0.123. The first-order valence-electron chi connectivity index (χ1n) is 10.0. The lowest BCUT2D eigenvalue weighted by Gasteiger charge is -2.22. The molecule has 2 amide bonds. The molecule has 1 aliphatic heterocycles. The number of nitrogens with zero attached hydrogens (tertiary/aromatic N) is 1. The molecule has 0 unspecified atom stereocenters. The molecule has 1 fully saturated rings. The molecule has 2 N–H and O–H groups in total. The standard InChI is InChI=1S/C22H28FN3O4/c1-6-13-16(25-20(28)18(13)23)11-30-21-14-10-17(29-5)15(9-12(14)7-8-24-21)19(27)26-22(2,3)4/h7-10,13,16,18H,6,11H2,1-5H3,(H,25,28)(H,26,27)/t13-,16+,18-/m0/s1. The van der Waals surface area contributed by atoms with E-state index in [4.69, 9.17) is 9.47 Å². The minimum Gasteiger partial charge on any atom is -0.496 e. The summed E-state index contributed by atoms with van der Waals surface area (Å²) in [6, 6.07) is 4.79. The Balaban J connectivity index is 1.88. The van der Waals surface area contributed by atoms with Crippen molar-refractivity contribution >= 4 is 22.6 Å². The van der Waals surface area contributed by atoms with Gasteiger partial charge in [-0.1, -0.05) is 6.92 Å². The topological polar surface area (TPSA) is 89.5 Å². The summed E-state index contributed by atoms with van der Waals surface area (Å²) in [5.41, 5.74) is 0.0192. The molecular weight excluding hydrogens is 389 g/mol. The van der Waals surface area contributed by atoms with E-state index in [9.17, 15) is 14.0 Å². The number of ether oxygens (including phenoxy) is 2. The highest BCUT2D eigenvalue weighted by Gasteiger charge is 2.41. The molecule has 2 heterocycles. The Morgan fingerprint density at radius 2 is 2.07 bits per heavy atom. The predicted molar refractivity (Wildman–Crippen MR) is 112 cm³/mol. The number of halogens is 1. The Kier molecular flexibility index (Phi) is 6.14. The van der Waals surface area contributed by atoms with Crippen molar-refractivity contribution in [3.05, 3.63) is 30.0 Å². The van der Waals surface area contributed by atoms with E-state index in [0.29, 0.717) is 29.0 Å². The number of methoxy groups -OCH3 is 1. The minimum atomic E-state index is -1.52. The van der Waals surface area contributed by atoms with Crippen molar-refractivity contribution in [2.24, 2.45) is 5.92 Å². The maximum Gasteiger partial charge on any atom is 0.255 e. The quantitative estimate of drug-likeness (QED) is 0.754. The third-order valence-electron chi connectivity index (χ3n) is 5.12. The number of hydrogen-bond acceptors (Lipinski definition) is 5. The van der Waals surface area contributed by atoms with Crippen LogP contribution in [0.2, 0.25) is 0 Å². The molecule has 1 saturated heterocycles. The second kappa shape index (κ2) is 8.45. The van der Waals surface area contributed by atoms with Gasteiger partial charge in [-0.05, 0) is 50.8 Å². The lowest BCUT2D eigenvalue weighted by Crippen LogP contribution is -2.40. The Morgan fingerprint density at radius 3 is 2.70 bits per heavy atom. The number of carbonyl (C=O) groups is 2. The maximum absolute atomic E-state index is 14.0. The Labute approximate surface area is 175 Å². The van der Waals surface area contributed by atoms with Crippen molar-refractivity contribution in [3.8, 4) is 11.6 Å². The molecule has 0 saturated carbocycles. The highest BCUT2D eigenvalue weighted by molar-refractivity contribution is 6.02. The molecule has 3 atom stereocenters. The predicted octanol–water partition coefficient (Wildman–Crippen LogP) is 3.01. The molecule has 1 aromatic heterocycles. The van der Waals surface area contributed by atoms with Gasteiger partial charge in [0.05, 0.1) is 18.7 Å². The first-order valence-corrected chi connectivity index (χ1v) is 10.0. The number of alkyl halides is 1. The number of carbonyl (C=O) groups excluding carboxylic acids is 2. The summed E-state index contributed by atoms with van der Waals surface area (Å²) < 4.78 is 25.3. The van der Waals surface area contributed by atoms with Crippen LogP contribution in [-0.2, 0) is 4.79 Å². The second-order valence-electron chi connectivity index (χ2n) is 8.49. The summed E-state index contributed by atoms with van der Waals surface area (Å²) in [5.74, 6) is -0.548. The van der Waals surface area contributed by atoms with Gasteiger partial charge in [0.25, 0.3) is 11.8 Å². The van der Waals surface area contributed by atoms with E-state index in [1.54, 1.807) is 24.4 Å². The molecule has 30 heavy (non-hydrogen) atoms. The van der Waals surface area contributed by atoms with E-state index in [1.165, 1.54) is 7.11 Å². The molecule has 8 heteroatoms. The molecule has 0 bridgehead atoms. The van der Waals surface area contributed by atoms with Crippen LogP contribution in [0.1, 0.15) is 44.5 Å². The summed E-state index contributed by atoms with van der Waals surface area (Å²) >= 11 is 0. The molecule has 7 nitrogen and oxygen atoms in total. The fourth-order valence-electron chi connectivity index (χ4n) is 3.64. The van der Waals surface area contributed by atoms with Gasteiger partial charge >= 0.3 is 0 Å². The van der Waals surface area contributed by atoms with E-state index in [1.807, 2.05) is 27.7 Å². The number of fused-ring (bicyclic) bond motifs is 1.